The number of amides is 2. The Balaban J connectivity index is 1.68. The first-order valence-corrected chi connectivity index (χ1v) is 9.36. The number of anilines is 1. The van der Waals surface area contributed by atoms with Crippen molar-refractivity contribution in [2.45, 2.75) is 26.4 Å². The van der Waals surface area contributed by atoms with E-state index in [4.69, 9.17) is 0 Å². The molecular formula is C24H22N2O2. The van der Waals surface area contributed by atoms with E-state index < -0.39 is 6.04 Å². The Labute approximate surface area is 164 Å². The van der Waals surface area contributed by atoms with Gasteiger partial charge in [-0.3, -0.25) is 9.59 Å². The SMILES string of the molecule is Cc1ccc(NC(=O)C(c2ccccc2)N2Cc3ccccc3C2=O)cc1C. The molecule has 0 radical (unpaired) electrons. The fourth-order valence-corrected chi connectivity index (χ4v) is 3.62. The number of nitrogens with zero attached hydrogens (tertiary/aromatic N) is 1. The van der Waals surface area contributed by atoms with Crippen LogP contribution >= 0.6 is 0 Å². The second-order valence-corrected chi connectivity index (χ2v) is 7.19. The second kappa shape index (κ2) is 7.31. The molecule has 3 aromatic rings. The molecule has 0 bridgehead atoms. The summed E-state index contributed by atoms with van der Waals surface area (Å²) in [6.45, 7) is 4.48. The largest absolute Gasteiger partial charge is 0.324 e. The maximum atomic E-state index is 13.3. The average molecular weight is 370 g/mol. The molecule has 4 nitrogen and oxygen atoms in total. The van der Waals surface area contributed by atoms with Crippen LogP contribution in [0.25, 0.3) is 0 Å². The van der Waals surface area contributed by atoms with Gasteiger partial charge in [0.25, 0.3) is 11.8 Å². The molecule has 1 aliphatic heterocycles. The van der Waals surface area contributed by atoms with E-state index in [0.717, 1.165) is 22.4 Å². The van der Waals surface area contributed by atoms with E-state index >= 15 is 0 Å². The van der Waals surface area contributed by atoms with Gasteiger partial charge in [0.15, 0.2) is 0 Å². The zero-order valence-electron chi connectivity index (χ0n) is 16.0. The highest BCUT2D eigenvalue weighted by Gasteiger charge is 2.37. The Bertz CT molecular complexity index is 1040. The van der Waals surface area contributed by atoms with Crippen molar-refractivity contribution in [3.05, 3.63) is 101 Å². The Kier molecular flexibility index (Phi) is 4.70. The van der Waals surface area contributed by atoms with Crippen molar-refractivity contribution in [3.63, 3.8) is 0 Å². The minimum Gasteiger partial charge on any atom is -0.324 e. The van der Waals surface area contributed by atoms with Crippen molar-refractivity contribution in [3.8, 4) is 0 Å². The van der Waals surface area contributed by atoms with Gasteiger partial charge in [-0.15, -0.1) is 0 Å². The van der Waals surface area contributed by atoms with Crippen LogP contribution in [-0.2, 0) is 11.3 Å². The van der Waals surface area contributed by atoms with Gasteiger partial charge in [0, 0.05) is 17.8 Å². The van der Waals surface area contributed by atoms with E-state index in [9.17, 15) is 9.59 Å². The van der Waals surface area contributed by atoms with Crippen LogP contribution in [0.3, 0.4) is 0 Å². The van der Waals surface area contributed by atoms with Crippen LogP contribution in [0, 0.1) is 13.8 Å². The zero-order chi connectivity index (χ0) is 19.7. The number of hydrogen-bond acceptors (Lipinski definition) is 2. The molecule has 140 valence electrons. The van der Waals surface area contributed by atoms with Gasteiger partial charge in [-0.05, 0) is 54.3 Å². The van der Waals surface area contributed by atoms with Crippen LogP contribution in [0.2, 0.25) is 0 Å². The van der Waals surface area contributed by atoms with Crippen molar-refractivity contribution < 1.29 is 9.59 Å². The van der Waals surface area contributed by atoms with E-state index in [1.165, 1.54) is 5.56 Å². The molecule has 3 aromatic carbocycles. The summed E-state index contributed by atoms with van der Waals surface area (Å²) < 4.78 is 0. The van der Waals surface area contributed by atoms with Crippen LogP contribution in [0.4, 0.5) is 5.69 Å². The molecule has 28 heavy (non-hydrogen) atoms. The topological polar surface area (TPSA) is 49.4 Å². The molecule has 1 atom stereocenters. The van der Waals surface area contributed by atoms with E-state index in [0.29, 0.717) is 12.1 Å². The number of aryl methyl sites for hydroxylation is 2. The lowest BCUT2D eigenvalue weighted by Crippen LogP contribution is -2.37. The maximum absolute atomic E-state index is 13.3. The maximum Gasteiger partial charge on any atom is 0.255 e. The zero-order valence-corrected chi connectivity index (χ0v) is 16.0. The molecule has 2 amide bonds. The molecule has 0 saturated heterocycles. The van der Waals surface area contributed by atoms with Crippen LogP contribution in [0.15, 0.2) is 72.8 Å². The standard InChI is InChI=1S/C24H22N2O2/c1-16-12-13-20(14-17(16)2)25-23(27)22(18-8-4-3-5-9-18)26-15-19-10-6-7-11-21(19)24(26)28/h3-14,22H,15H2,1-2H3,(H,25,27). The van der Waals surface area contributed by atoms with Crippen LogP contribution in [0.5, 0.6) is 0 Å². The third-order valence-corrected chi connectivity index (χ3v) is 5.30. The van der Waals surface area contributed by atoms with Crippen molar-refractivity contribution in [1.29, 1.82) is 0 Å². The number of carbonyl (C=O) groups excluding carboxylic acids is 2. The van der Waals surface area contributed by atoms with Gasteiger partial charge in [0.2, 0.25) is 0 Å². The van der Waals surface area contributed by atoms with Crippen molar-refractivity contribution in [2.24, 2.45) is 0 Å². The van der Waals surface area contributed by atoms with Gasteiger partial charge in [-0.25, -0.2) is 0 Å². The number of hydrogen-bond donors (Lipinski definition) is 1. The summed E-state index contributed by atoms with van der Waals surface area (Å²) in [5.74, 6) is -0.324. The molecule has 1 N–H and O–H groups in total. The van der Waals surface area contributed by atoms with E-state index in [1.807, 2.05) is 86.6 Å². The quantitative estimate of drug-likeness (QED) is 0.727. The van der Waals surface area contributed by atoms with Crippen molar-refractivity contribution in [2.75, 3.05) is 5.32 Å². The number of rotatable bonds is 4. The Morgan fingerprint density at radius 3 is 2.36 bits per heavy atom. The highest BCUT2D eigenvalue weighted by atomic mass is 16.2. The monoisotopic (exact) mass is 370 g/mol. The predicted octanol–water partition coefficient (Wildman–Crippen LogP) is 4.64. The summed E-state index contributed by atoms with van der Waals surface area (Å²) in [4.78, 5) is 28.0. The van der Waals surface area contributed by atoms with E-state index in [1.54, 1.807) is 4.90 Å². The highest BCUT2D eigenvalue weighted by molar-refractivity contribution is 6.04. The van der Waals surface area contributed by atoms with Gasteiger partial charge in [0.1, 0.15) is 6.04 Å². The van der Waals surface area contributed by atoms with Crippen molar-refractivity contribution in [1.82, 2.24) is 4.90 Å². The lowest BCUT2D eigenvalue weighted by molar-refractivity contribution is -0.120. The Morgan fingerprint density at radius 2 is 1.64 bits per heavy atom. The van der Waals surface area contributed by atoms with Gasteiger partial charge in [-0.2, -0.15) is 0 Å². The minimum atomic E-state index is -0.692. The summed E-state index contributed by atoms with van der Waals surface area (Å²) in [6, 6.07) is 22.1. The van der Waals surface area contributed by atoms with Gasteiger partial charge in [0.05, 0.1) is 0 Å². The normalized spacial score (nSPS) is 13.9. The molecule has 0 saturated carbocycles. The Morgan fingerprint density at radius 1 is 0.929 bits per heavy atom. The van der Waals surface area contributed by atoms with Crippen LogP contribution < -0.4 is 5.32 Å². The predicted molar refractivity (Wildman–Crippen MR) is 110 cm³/mol. The van der Waals surface area contributed by atoms with E-state index in [-0.39, 0.29) is 11.8 Å². The molecule has 1 unspecified atom stereocenters. The number of nitrogens with one attached hydrogen (secondary N) is 1. The highest BCUT2D eigenvalue weighted by Crippen LogP contribution is 2.32. The lowest BCUT2D eigenvalue weighted by atomic mass is 10.0. The molecule has 1 heterocycles. The third-order valence-electron chi connectivity index (χ3n) is 5.30. The molecular weight excluding hydrogens is 348 g/mol. The van der Waals surface area contributed by atoms with Gasteiger partial charge >= 0.3 is 0 Å². The summed E-state index contributed by atoms with van der Waals surface area (Å²) in [6.07, 6.45) is 0. The van der Waals surface area contributed by atoms with Crippen molar-refractivity contribution >= 4 is 17.5 Å². The number of fused-ring (bicyclic) bond motifs is 1. The second-order valence-electron chi connectivity index (χ2n) is 7.19. The first kappa shape index (κ1) is 18.0. The molecule has 0 aliphatic carbocycles. The molecule has 4 heteroatoms. The van der Waals surface area contributed by atoms with Crippen LogP contribution in [-0.4, -0.2) is 16.7 Å². The summed E-state index contributed by atoms with van der Waals surface area (Å²) >= 11 is 0. The fourth-order valence-electron chi connectivity index (χ4n) is 3.62. The molecule has 0 aromatic heterocycles. The van der Waals surface area contributed by atoms with Gasteiger partial charge in [-0.1, -0.05) is 54.6 Å². The first-order chi connectivity index (χ1) is 13.5. The first-order valence-electron chi connectivity index (χ1n) is 9.36. The van der Waals surface area contributed by atoms with Crippen LogP contribution in [0.1, 0.15) is 38.7 Å². The lowest BCUT2D eigenvalue weighted by Gasteiger charge is -2.27. The summed E-state index contributed by atoms with van der Waals surface area (Å²) in [7, 11) is 0. The summed E-state index contributed by atoms with van der Waals surface area (Å²) in [5.41, 5.74) is 5.43. The van der Waals surface area contributed by atoms with Gasteiger partial charge < -0.3 is 10.2 Å². The van der Waals surface area contributed by atoms with E-state index in [2.05, 4.69) is 5.32 Å². The minimum absolute atomic E-state index is 0.111. The number of carbonyl (C=O) groups is 2. The smallest absolute Gasteiger partial charge is 0.255 e. The molecule has 0 fully saturated rings. The summed E-state index contributed by atoms with van der Waals surface area (Å²) in [5, 5.41) is 3.00. The average Bonchev–Trinajstić information content (AvgIpc) is 3.02. The number of benzene rings is 3. The third kappa shape index (κ3) is 3.29. The molecule has 1 aliphatic rings. The molecule has 4 rings (SSSR count). The fraction of sp³-hybridized carbons (Fsp3) is 0.167. The molecule has 0 spiro atoms. The Hall–Kier alpha value is -3.40.